The number of rotatable bonds is 5. The molecule has 0 spiro atoms. The minimum atomic E-state index is 0.107. The highest BCUT2D eigenvalue weighted by Crippen LogP contribution is 2.27. The van der Waals surface area contributed by atoms with Crippen molar-refractivity contribution >= 4 is 23.4 Å². The molecular weight excluding hydrogens is 390 g/mol. The lowest BCUT2D eigenvalue weighted by Gasteiger charge is -2.36. The number of amides is 1. The summed E-state index contributed by atoms with van der Waals surface area (Å²) in [6.07, 6.45) is 1.77. The van der Waals surface area contributed by atoms with E-state index in [1.54, 1.807) is 17.9 Å². The van der Waals surface area contributed by atoms with Crippen LogP contribution in [-0.2, 0) is 11.8 Å². The standard InChI is InChI=1S/C18H23N9OS/c1-13-17(14(2)27(21-13)15-6-4-5-7-19-15)26-10-8-25(9-11-26)16(28)12-29-18-20-22-23-24(18)3/h4-7H,8-12H2,1-3H3. The van der Waals surface area contributed by atoms with Gasteiger partial charge in [0.05, 0.1) is 22.8 Å². The maximum Gasteiger partial charge on any atom is 0.233 e. The number of hydrogen-bond donors (Lipinski definition) is 0. The predicted molar refractivity (Wildman–Crippen MR) is 109 cm³/mol. The lowest BCUT2D eigenvalue weighted by Crippen LogP contribution is -2.49. The number of anilines is 1. The first-order valence-electron chi connectivity index (χ1n) is 9.40. The number of carbonyl (C=O) groups excluding carboxylic acids is 1. The molecule has 1 amide bonds. The summed E-state index contributed by atoms with van der Waals surface area (Å²) in [5.41, 5.74) is 3.16. The summed E-state index contributed by atoms with van der Waals surface area (Å²) in [5.74, 6) is 1.25. The van der Waals surface area contributed by atoms with E-state index in [4.69, 9.17) is 0 Å². The van der Waals surface area contributed by atoms with Crippen molar-refractivity contribution in [1.29, 1.82) is 0 Å². The predicted octanol–water partition coefficient (Wildman–Crippen LogP) is 0.849. The maximum atomic E-state index is 12.6. The summed E-state index contributed by atoms with van der Waals surface area (Å²) >= 11 is 1.36. The first-order valence-corrected chi connectivity index (χ1v) is 10.4. The molecule has 0 atom stereocenters. The second kappa shape index (κ2) is 8.19. The van der Waals surface area contributed by atoms with E-state index < -0.39 is 0 Å². The van der Waals surface area contributed by atoms with Gasteiger partial charge in [-0.3, -0.25) is 4.79 Å². The van der Waals surface area contributed by atoms with Crippen LogP contribution in [0, 0.1) is 13.8 Å². The number of hydrogen-bond acceptors (Lipinski definition) is 8. The normalized spacial score (nSPS) is 14.4. The van der Waals surface area contributed by atoms with Gasteiger partial charge in [0, 0.05) is 39.4 Å². The van der Waals surface area contributed by atoms with Crippen molar-refractivity contribution in [2.75, 3.05) is 36.8 Å². The number of nitrogens with zero attached hydrogens (tertiary/aromatic N) is 9. The Hall–Kier alpha value is -2.95. The van der Waals surface area contributed by atoms with Gasteiger partial charge in [0.1, 0.15) is 0 Å². The first-order chi connectivity index (χ1) is 14.0. The molecule has 0 N–H and O–H groups in total. The number of pyridine rings is 1. The van der Waals surface area contributed by atoms with Crippen LogP contribution in [0.25, 0.3) is 5.82 Å². The fraction of sp³-hybridized carbons (Fsp3) is 0.444. The minimum Gasteiger partial charge on any atom is -0.365 e. The molecule has 0 bridgehead atoms. The van der Waals surface area contributed by atoms with E-state index >= 15 is 0 Å². The van der Waals surface area contributed by atoms with Crippen molar-refractivity contribution in [1.82, 2.24) is 39.9 Å². The Bertz CT molecular complexity index is 992. The molecule has 4 heterocycles. The smallest absolute Gasteiger partial charge is 0.233 e. The van der Waals surface area contributed by atoms with E-state index in [0.717, 1.165) is 36.0 Å². The summed E-state index contributed by atoms with van der Waals surface area (Å²) in [6, 6.07) is 5.80. The third kappa shape index (κ3) is 3.95. The van der Waals surface area contributed by atoms with Crippen LogP contribution in [0.1, 0.15) is 11.4 Å². The molecule has 1 aliphatic heterocycles. The number of aryl methyl sites for hydroxylation is 2. The molecule has 4 rings (SSSR count). The Morgan fingerprint density at radius 3 is 2.62 bits per heavy atom. The first kappa shape index (κ1) is 19.4. The third-order valence-electron chi connectivity index (χ3n) is 4.97. The summed E-state index contributed by atoms with van der Waals surface area (Å²) < 4.78 is 3.45. The van der Waals surface area contributed by atoms with Gasteiger partial charge in [-0.1, -0.05) is 17.8 Å². The highest BCUT2D eigenvalue weighted by Gasteiger charge is 2.26. The van der Waals surface area contributed by atoms with E-state index in [2.05, 4.69) is 37.4 Å². The van der Waals surface area contributed by atoms with Gasteiger partial charge in [0.15, 0.2) is 5.82 Å². The summed E-state index contributed by atoms with van der Waals surface area (Å²) in [6.45, 7) is 7.00. The van der Waals surface area contributed by atoms with Crippen LogP contribution < -0.4 is 4.90 Å². The number of tetrazole rings is 1. The molecule has 0 aliphatic carbocycles. The fourth-order valence-electron chi connectivity index (χ4n) is 3.53. The largest absolute Gasteiger partial charge is 0.365 e. The molecule has 10 nitrogen and oxygen atoms in total. The molecule has 0 saturated carbocycles. The molecule has 0 radical (unpaired) electrons. The van der Waals surface area contributed by atoms with E-state index in [1.807, 2.05) is 34.7 Å². The Balaban J connectivity index is 1.39. The Morgan fingerprint density at radius 1 is 1.17 bits per heavy atom. The highest BCUT2D eigenvalue weighted by molar-refractivity contribution is 7.99. The monoisotopic (exact) mass is 413 g/mol. The lowest BCUT2D eigenvalue weighted by molar-refractivity contribution is -0.128. The summed E-state index contributed by atoms with van der Waals surface area (Å²) in [7, 11) is 1.77. The molecular formula is C18H23N9OS. The van der Waals surface area contributed by atoms with E-state index in [1.165, 1.54) is 11.8 Å². The number of carbonyl (C=O) groups is 1. The molecule has 3 aromatic heterocycles. The fourth-order valence-corrected chi connectivity index (χ4v) is 4.29. The Morgan fingerprint density at radius 2 is 1.97 bits per heavy atom. The molecule has 1 aliphatic rings. The van der Waals surface area contributed by atoms with Crippen LogP contribution in [0.3, 0.4) is 0 Å². The van der Waals surface area contributed by atoms with Gasteiger partial charge in [0.2, 0.25) is 11.1 Å². The second-order valence-corrected chi connectivity index (χ2v) is 7.80. The van der Waals surface area contributed by atoms with Crippen LogP contribution in [-0.4, -0.2) is 77.7 Å². The SMILES string of the molecule is Cc1nn(-c2ccccn2)c(C)c1N1CCN(C(=O)CSc2nnnn2C)CC1. The zero-order valence-electron chi connectivity index (χ0n) is 16.7. The average Bonchev–Trinajstić information content (AvgIpc) is 3.29. The molecule has 152 valence electrons. The maximum absolute atomic E-state index is 12.6. The quantitative estimate of drug-likeness (QED) is 0.568. The van der Waals surface area contributed by atoms with E-state index in [-0.39, 0.29) is 5.91 Å². The zero-order chi connectivity index (χ0) is 20.4. The minimum absolute atomic E-state index is 0.107. The summed E-state index contributed by atoms with van der Waals surface area (Å²) in [4.78, 5) is 21.2. The molecule has 0 aromatic carbocycles. The van der Waals surface area contributed by atoms with Crippen molar-refractivity contribution in [2.24, 2.45) is 7.05 Å². The molecule has 29 heavy (non-hydrogen) atoms. The Labute approximate surface area is 172 Å². The van der Waals surface area contributed by atoms with Gasteiger partial charge in [-0.2, -0.15) is 5.10 Å². The highest BCUT2D eigenvalue weighted by atomic mass is 32.2. The third-order valence-corrected chi connectivity index (χ3v) is 5.97. The van der Waals surface area contributed by atoms with Gasteiger partial charge in [-0.05, 0) is 36.4 Å². The number of aromatic nitrogens is 7. The Kier molecular flexibility index (Phi) is 5.47. The van der Waals surface area contributed by atoms with Gasteiger partial charge in [-0.15, -0.1) is 5.10 Å². The topological polar surface area (TPSA) is 97.9 Å². The number of piperazine rings is 1. The number of thioether (sulfide) groups is 1. The second-order valence-electron chi connectivity index (χ2n) is 6.86. The average molecular weight is 414 g/mol. The zero-order valence-corrected chi connectivity index (χ0v) is 17.5. The van der Waals surface area contributed by atoms with Crippen LogP contribution in [0.15, 0.2) is 29.6 Å². The van der Waals surface area contributed by atoms with E-state index in [0.29, 0.717) is 24.0 Å². The van der Waals surface area contributed by atoms with Gasteiger partial charge >= 0.3 is 0 Å². The van der Waals surface area contributed by atoms with Crippen LogP contribution >= 0.6 is 11.8 Å². The van der Waals surface area contributed by atoms with Crippen molar-refractivity contribution in [3.8, 4) is 5.82 Å². The molecule has 3 aromatic rings. The molecule has 0 unspecified atom stereocenters. The van der Waals surface area contributed by atoms with Gasteiger partial charge in [-0.25, -0.2) is 14.3 Å². The van der Waals surface area contributed by atoms with Crippen molar-refractivity contribution < 1.29 is 4.79 Å². The van der Waals surface area contributed by atoms with Crippen LogP contribution in [0.5, 0.6) is 0 Å². The summed E-state index contributed by atoms with van der Waals surface area (Å²) in [5, 5.41) is 16.6. The molecule has 1 fully saturated rings. The van der Waals surface area contributed by atoms with Crippen molar-refractivity contribution in [2.45, 2.75) is 19.0 Å². The van der Waals surface area contributed by atoms with Crippen LogP contribution in [0.2, 0.25) is 0 Å². The van der Waals surface area contributed by atoms with E-state index in [9.17, 15) is 4.79 Å². The lowest BCUT2D eigenvalue weighted by atomic mass is 10.2. The van der Waals surface area contributed by atoms with Crippen molar-refractivity contribution in [3.05, 3.63) is 35.8 Å². The molecule has 1 saturated heterocycles. The van der Waals surface area contributed by atoms with Gasteiger partial charge < -0.3 is 9.80 Å². The van der Waals surface area contributed by atoms with Crippen molar-refractivity contribution in [3.63, 3.8) is 0 Å². The molecule has 11 heteroatoms. The van der Waals surface area contributed by atoms with Crippen LogP contribution in [0.4, 0.5) is 5.69 Å². The van der Waals surface area contributed by atoms with Gasteiger partial charge in [0.25, 0.3) is 0 Å².